The van der Waals surface area contributed by atoms with Gasteiger partial charge < -0.3 is 0 Å². The Morgan fingerprint density at radius 1 is 0.686 bits per heavy atom. The van der Waals surface area contributed by atoms with Crippen LogP contribution in [0.5, 0.6) is 0 Å². The highest BCUT2D eigenvalue weighted by Gasteiger charge is 2.30. The Kier molecular flexibility index (Phi) is 3.11. The number of aromatic nitrogens is 4. The van der Waals surface area contributed by atoms with E-state index in [0.717, 1.165) is 45.8 Å². The topological polar surface area (TPSA) is 43.1 Å². The van der Waals surface area contributed by atoms with Gasteiger partial charge in [0, 0.05) is 34.9 Å². The van der Waals surface area contributed by atoms with Crippen LogP contribution in [-0.4, -0.2) is 19.4 Å². The highest BCUT2D eigenvalue weighted by atomic mass is 15.0. The molecule has 0 N–H and O–H groups in total. The summed E-state index contributed by atoms with van der Waals surface area (Å²) in [5.74, 6) is 0. The third kappa shape index (κ3) is 2.11. The maximum absolute atomic E-state index is 5.13. The lowest BCUT2D eigenvalue weighted by molar-refractivity contribution is 1.23. The highest BCUT2D eigenvalue weighted by Crippen LogP contribution is 2.49. The van der Waals surface area contributed by atoms with Gasteiger partial charge in [-0.2, -0.15) is 0 Å². The summed E-state index contributed by atoms with van der Waals surface area (Å²) in [6.07, 6.45) is 7.65. The first-order valence-corrected chi connectivity index (χ1v) is 12.0. The molecular weight excluding hydrogens is 428 g/mol. The zero-order valence-corrected chi connectivity index (χ0v) is 18.8. The summed E-state index contributed by atoms with van der Waals surface area (Å²) in [6, 6.07) is 24.2. The Morgan fingerprint density at radius 2 is 1.60 bits per heavy atom. The molecule has 0 saturated heterocycles. The zero-order chi connectivity index (χ0) is 22.7. The van der Waals surface area contributed by atoms with E-state index in [1.54, 1.807) is 0 Å². The van der Waals surface area contributed by atoms with Crippen molar-refractivity contribution in [3.8, 4) is 22.3 Å². The van der Waals surface area contributed by atoms with Gasteiger partial charge in [0.05, 0.1) is 16.6 Å². The molecule has 162 valence electrons. The van der Waals surface area contributed by atoms with E-state index in [1.807, 2.05) is 24.7 Å². The van der Waals surface area contributed by atoms with E-state index in [4.69, 9.17) is 9.97 Å². The summed E-state index contributed by atoms with van der Waals surface area (Å²) in [6.45, 7) is 0. The maximum atomic E-state index is 5.13. The minimum Gasteiger partial charge on any atom is -0.290 e. The maximum Gasteiger partial charge on any atom is 0.165 e. The fourth-order valence-electron chi connectivity index (χ4n) is 6.55. The lowest BCUT2D eigenvalue weighted by Crippen LogP contribution is -1.94. The smallest absolute Gasteiger partial charge is 0.165 e. The van der Waals surface area contributed by atoms with Crippen molar-refractivity contribution in [2.24, 2.45) is 0 Å². The van der Waals surface area contributed by atoms with Crippen molar-refractivity contribution in [3.63, 3.8) is 0 Å². The molecule has 0 bridgehead atoms. The molecule has 35 heavy (non-hydrogen) atoms. The monoisotopic (exact) mass is 446 g/mol. The summed E-state index contributed by atoms with van der Waals surface area (Å²) >= 11 is 0. The molecule has 0 saturated carbocycles. The molecule has 0 unspecified atom stereocenters. The van der Waals surface area contributed by atoms with Crippen LogP contribution >= 0.6 is 0 Å². The van der Waals surface area contributed by atoms with Gasteiger partial charge in [-0.15, -0.1) is 0 Å². The lowest BCUT2D eigenvalue weighted by atomic mass is 9.95. The quantitative estimate of drug-likeness (QED) is 0.243. The molecule has 4 aromatic heterocycles. The van der Waals surface area contributed by atoms with E-state index < -0.39 is 0 Å². The van der Waals surface area contributed by atoms with Crippen molar-refractivity contribution in [1.82, 2.24) is 19.4 Å². The molecule has 0 radical (unpaired) electrons. The summed E-state index contributed by atoms with van der Waals surface area (Å²) in [5, 5.41) is 2.19. The molecule has 0 aliphatic heterocycles. The van der Waals surface area contributed by atoms with E-state index in [1.165, 1.54) is 50.0 Å². The largest absolute Gasteiger partial charge is 0.290 e. The van der Waals surface area contributed by atoms with Crippen LogP contribution in [0.1, 0.15) is 22.3 Å². The summed E-state index contributed by atoms with van der Waals surface area (Å²) in [7, 11) is 0. The average Bonchev–Trinajstić information content (AvgIpc) is 3.59. The molecule has 4 heterocycles. The van der Waals surface area contributed by atoms with E-state index >= 15 is 0 Å². The van der Waals surface area contributed by atoms with Crippen LogP contribution in [0.3, 0.4) is 0 Å². The molecule has 4 nitrogen and oxygen atoms in total. The first-order valence-electron chi connectivity index (χ1n) is 12.0. The Hall–Kier alpha value is -4.57. The van der Waals surface area contributed by atoms with Crippen LogP contribution in [0.25, 0.3) is 60.7 Å². The number of nitrogens with zero attached hydrogens (tertiary/aromatic N) is 4. The third-order valence-electron chi connectivity index (χ3n) is 7.96. The number of hydrogen-bond donors (Lipinski definition) is 0. The van der Waals surface area contributed by atoms with Crippen molar-refractivity contribution in [1.29, 1.82) is 0 Å². The lowest BCUT2D eigenvalue weighted by Gasteiger charge is -2.11. The van der Waals surface area contributed by atoms with Crippen molar-refractivity contribution >= 4 is 38.5 Å². The van der Waals surface area contributed by atoms with Crippen molar-refractivity contribution in [2.75, 3.05) is 0 Å². The predicted molar refractivity (Wildman–Crippen MR) is 140 cm³/mol. The van der Waals surface area contributed by atoms with Gasteiger partial charge in [0.15, 0.2) is 5.65 Å². The van der Waals surface area contributed by atoms with Crippen LogP contribution in [0.4, 0.5) is 0 Å². The average molecular weight is 447 g/mol. The van der Waals surface area contributed by atoms with Crippen molar-refractivity contribution < 1.29 is 0 Å². The normalized spacial score (nSPS) is 13.5. The Balaban J connectivity index is 1.47. The molecular formula is C31H18N4. The van der Waals surface area contributed by atoms with Crippen molar-refractivity contribution in [2.45, 2.75) is 12.8 Å². The van der Waals surface area contributed by atoms with E-state index in [-0.39, 0.29) is 0 Å². The summed E-state index contributed by atoms with van der Waals surface area (Å²) in [4.78, 5) is 14.3. The van der Waals surface area contributed by atoms with Gasteiger partial charge in [-0.3, -0.25) is 14.4 Å². The first-order chi connectivity index (χ1) is 17.4. The van der Waals surface area contributed by atoms with Gasteiger partial charge in [0.25, 0.3) is 0 Å². The van der Waals surface area contributed by atoms with E-state index in [2.05, 4.69) is 70.0 Å². The summed E-state index contributed by atoms with van der Waals surface area (Å²) in [5.41, 5.74) is 16.3. The van der Waals surface area contributed by atoms with Crippen LogP contribution in [0, 0.1) is 0 Å². The fraction of sp³-hybridized carbons (Fsp3) is 0.0645. The Bertz CT molecular complexity index is 2070. The van der Waals surface area contributed by atoms with Crippen LogP contribution < -0.4 is 0 Å². The first kappa shape index (κ1) is 17.8. The molecule has 3 aromatic carbocycles. The molecule has 9 rings (SSSR count). The zero-order valence-electron chi connectivity index (χ0n) is 18.8. The molecule has 0 spiro atoms. The standard InChI is InChI=1S/C31H18N4/c1-2-5-20-17(4-1)14-18-7-9-21-23(27(18)20)15-19-8-10-25-30(28(19)21)35-26-11-13-32-16-24(26)22-6-3-12-33-29(22)31(35)34-25/h1-13,16H,14-15H2. The van der Waals surface area contributed by atoms with Crippen LogP contribution in [0.2, 0.25) is 0 Å². The van der Waals surface area contributed by atoms with Gasteiger partial charge in [0.2, 0.25) is 0 Å². The molecule has 2 aliphatic carbocycles. The van der Waals surface area contributed by atoms with Gasteiger partial charge in [0.1, 0.15) is 5.52 Å². The molecule has 4 heteroatoms. The SMILES string of the molecule is c1ccc2c(c1)Cc1ccc3c(c1-2)Cc1ccc2nc4c5ncccc5c5cnccc5n4c2c1-3. The Labute approximate surface area is 200 Å². The second-order valence-corrected chi connectivity index (χ2v) is 9.67. The second kappa shape index (κ2) is 6.10. The van der Waals surface area contributed by atoms with Gasteiger partial charge in [-0.1, -0.05) is 48.5 Å². The number of rotatable bonds is 0. The minimum absolute atomic E-state index is 0.905. The predicted octanol–water partition coefficient (Wildman–Crippen LogP) is 6.73. The minimum atomic E-state index is 0.905. The highest BCUT2D eigenvalue weighted by molar-refractivity contribution is 6.14. The number of hydrogen-bond acceptors (Lipinski definition) is 3. The van der Waals surface area contributed by atoms with Gasteiger partial charge >= 0.3 is 0 Å². The summed E-state index contributed by atoms with van der Waals surface area (Å²) < 4.78 is 2.32. The number of imidazole rings is 1. The van der Waals surface area contributed by atoms with Crippen LogP contribution in [0.15, 0.2) is 85.3 Å². The number of fused-ring (bicyclic) bond motifs is 16. The molecule has 0 fully saturated rings. The Morgan fingerprint density at radius 3 is 2.60 bits per heavy atom. The van der Waals surface area contributed by atoms with Crippen molar-refractivity contribution in [3.05, 3.63) is 108 Å². The number of benzene rings is 3. The second-order valence-electron chi connectivity index (χ2n) is 9.67. The molecule has 0 amide bonds. The van der Waals surface area contributed by atoms with Gasteiger partial charge in [-0.25, -0.2) is 4.98 Å². The third-order valence-corrected chi connectivity index (χ3v) is 7.96. The fourth-order valence-corrected chi connectivity index (χ4v) is 6.55. The van der Waals surface area contributed by atoms with Crippen LogP contribution in [-0.2, 0) is 12.8 Å². The number of pyridine rings is 3. The van der Waals surface area contributed by atoms with Gasteiger partial charge in [-0.05, 0) is 70.0 Å². The molecule has 0 atom stereocenters. The van der Waals surface area contributed by atoms with E-state index in [9.17, 15) is 0 Å². The molecule has 2 aliphatic rings. The van der Waals surface area contributed by atoms with E-state index in [0.29, 0.717) is 0 Å². The molecule has 7 aromatic rings.